The van der Waals surface area contributed by atoms with E-state index in [1.54, 1.807) is 6.92 Å². The van der Waals surface area contributed by atoms with Gasteiger partial charge in [0.15, 0.2) is 0 Å². The molecule has 0 radical (unpaired) electrons. The first-order chi connectivity index (χ1) is 9.34. The molecule has 0 aliphatic rings. The van der Waals surface area contributed by atoms with Crippen molar-refractivity contribution in [2.24, 2.45) is 0 Å². The van der Waals surface area contributed by atoms with E-state index in [1.807, 2.05) is 0 Å². The molecule has 0 unspecified atom stereocenters. The van der Waals surface area contributed by atoms with Crippen molar-refractivity contribution in [3.63, 3.8) is 0 Å². The van der Waals surface area contributed by atoms with Crippen molar-refractivity contribution in [3.8, 4) is 5.75 Å². The number of fused-ring (bicyclic) bond motifs is 1. The first-order valence-electron chi connectivity index (χ1n) is 5.84. The topological polar surface area (TPSA) is 46.5 Å². The summed E-state index contributed by atoms with van der Waals surface area (Å²) in [7, 11) is 0. The van der Waals surface area contributed by atoms with Gasteiger partial charge in [0, 0.05) is 5.39 Å². The van der Waals surface area contributed by atoms with Gasteiger partial charge in [0.2, 0.25) is 0 Å². The van der Waals surface area contributed by atoms with Crippen LogP contribution >= 0.6 is 0 Å². The second-order valence-electron chi connectivity index (χ2n) is 4.11. The van der Waals surface area contributed by atoms with Gasteiger partial charge in [-0.3, -0.25) is 0 Å². The van der Waals surface area contributed by atoms with Gasteiger partial charge in [-0.25, -0.2) is 4.79 Å². The molecule has 0 amide bonds. The summed E-state index contributed by atoms with van der Waals surface area (Å²) < 4.78 is 43.5. The van der Waals surface area contributed by atoms with Crippen LogP contribution in [0.5, 0.6) is 5.75 Å². The van der Waals surface area contributed by atoms with Crippen LogP contribution in [0.4, 0.5) is 13.2 Å². The number of hydrogen-bond acceptors (Lipinski definition) is 3. The third-order valence-corrected chi connectivity index (χ3v) is 2.79. The Morgan fingerprint density at radius 2 is 1.95 bits per heavy atom. The molecule has 2 aromatic carbocycles. The van der Waals surface area contributed by atoms with Gasteiger partial charge in [-0.05, 0) is 30.5 Å². The Bertz CT molecular complexity index is 662. The SMILES string of the molecule is CCOC(=O)c1cc(O)c2cccc(C(F)(F)F)c2c1. The van der Waals surface area contributed by atoms with E-state index in [9.17, 15) is 23.1 Å². The lowest BCUT2D eigenvalue weighted by molar-refractivity contribution is -0.136. The summed E-state index contributed by atoms with van der Waals surface area (Å²) in [6.07, 6.45) is -4.57. The number of aromatic hydroxyl groups is 1. The fraction of sp³-hybridized carbons (Fsp3) is 0.214. The van der Waals surface area contributed by atoms with E-state index in [4.69, 9.17) is 4.74 Å². The Kier molecular flexibility index (Phi) is 3.57. The number of phenols is 1. The van der Waals surface area contributed by atoms with Crippen LogP contribution in [0.15, 0.2) is 30.3 Å². The molecule has 0 aliphatic carbocycles. The molecule has 3 nitrogen and oxygen atoms in total. The Morgan fingerprint density at radius 1 is 1.25 bits per heavy atom. The van der Waals surface area contributed by atoms with Crippen molar-refractivity contribution < 1.29 is 27.8 Å². The molecule has 2 rings (SSSR count). The number of benzene rings is 2. The van der Waals surface area contributed by atoms with Gasteiger partial charge < -0.3 is 9.84 Å². The smallest absolute Gasteiger partial charge is 0.417 e. The van der Waals surface area contributed by atoms with Crippen LogP contribution in [0, 0.1) is 0 Å². The number of phenolic OH excluding ortho intramolecular Hbond substituents is 1. The summed E-state index contributed by atoms with van der Waals surface area (Å²) in [6.45, 7) is 1.68. The summed E-state index contributed by atoms with van der Waals surface area (Å²) in [6, 6.07) is 5.64. The zero-order valence-corrected chi connectivity index (χ0v) is 10.5. The van der Waals surface area contributed by atoms with Crippen molar-refractivity contribution >= 4 is 16.7 Å². The van der Waals surface area contributed by atoms with Crippen molar-refractivity contribution in [2.75, 3.05) is 6.61 Å². The van der Waals surface area contributed by atoms with Crippen LogP contribution in [-0.2, 0) is 10.9 Å². The number of alkyl halides is 3. The highest BCUT2D eigenvalue weighted by Gasteiger charge is 2.33. The molecule has 0 saturated carbocycles. The zero-order chi connectivity index (χ0) is 14.9. The van der Waals surface area contributed by atoms with Crippen molar-refractivity contribution in [3.05, 3.63) is 41.5 Å². The molecule has 2 aromatic rings. The number of esters is 1. The lowest BCUT2D eigenvalue weighted by atomic mass is 10.0. The Hall–Kier alpha value is -2.24. The lowest BCUT2D eigenvalue weighted by Gasteiger charge is -2.12. The summed E-state index contributed by atoms with van der Waals surface area (Å²) in [5.41, 5.74) is -1.02. The molecule has 0 saturated heterocycles. The summed E-state index contributed by atoms with van der Waals surface area (Å²) in [5.74, 6) is -1.17. The zero-order valence-electron chi connectivity index (χ0n) is 10.5. The molecule has 6 heteroatoms. The van der Waals surface area contributed by atoms with Gasteiger partial charge in [0.1, 0.15) is 5.75 Å². The van der Waals surface area contributed by atoms with Crippen LogP contribution in [0.2, 0.25) is 0 Å². The van der Waals surface area contributed by atoms with Gasteiger partial charge >= 0.3 is 12.1 Å². The van der Waals surface area contributed by atoms with Gasteiger partial charge in [-0.1, -0.05) is 12.1 Å². The van der Waals surface area contributed by atoms with Gasteiger partial charge in [0.25, 0.3) is 0 Å². The van der Waals surface area contributed by atoms with Crippen molar-refractivity contribution in [1.29, 1.82) is 0 Å². The highest BCUT2D eigenvalue weighted by molar-refractivity contribution is 5.99. The third-order valence-electron chi connectivity index (χ3n) is 2.79. The standard InChI is InChI=1S/C14H11F3O3/c1-2-20-13(19)8-6-10-9(12(18)7-8)4-3-5-11(10)14(15,16)17/h3-7,18H,2H2,1H3. The average Bonchev–Trinajstić information content (AvgIpc) is 2.37. The molecule has 0 fully saturated rings. The normalized spacial score (nSPS) is 11.6. The maximum Gasteiger partial charge on any atom is 0.417 e. The van der Waals surface area contributed by atoms with Crippen molar-refractivity contribution in [1.82, 2.24) is 0 Å². The number of carbonyl (C=O) groups excluding carboxylic acids is 1. The molecule has 20 heavy (non-hydrogen) atoms. The molecule has 106 valence electrons. The van der Waals surface area contributed by atoms with E-state index in [0.717, 1.165) is 18.2 Å². The minimum atomic E-state index is -4.57. The number of hydrogen-bond donors (Lipinski definition) is 1. The van der Waals surface area contributed by atoms with E-state index in [2.05, 4.69) is 0 Å². The molecule has 1 N–H and O–H groups in total. The predicted octanol–water partition coefficient (Wildman–Crippen LogP) is 3.74. The molecule has 0 aliphatic heterocycles. The van der Waals surface area contributed by atoms with Gasteiger partial charge in [-0.2, -0.15) is 13.2 Å². The first kappa shape index (κ1) is 14.2. The fourth-order valence-electron chi connectivity index (χ4n) is 1.95. The molecule has 0 atom stereocenters. The lowest BCUT2D eigenvalue weighted by Crippen LogP contribution is -2.08. The average molecular weight is 284 g/mol. The number of carbonyl (C=O) groups is 1. The largest absolute Gasteiger partial charge is 0.507 e. The highest BCUT2D eigenvalue weighted by atomic mass is 19.4. The monoisotopic (exact) mass is 284 g/mol. The summed E-state index contributed by atoms with van der Waals surface area (Å²) in [4.78, 5) is 11.6. The number of halogens is 3. The molecule has 0 spiro atoms. The fourth-order valence-corrected chi connectivity index (χ4v) is 1.95. The maximum atomic E-state index is 12.9. The summed E-state index contributed by atoms with van der Waals surface area (Å²) in [5, 5.41) is 9.59. The van der Waals surface area contributed by atoms with E-state index >= 15 is 0 Å². The Labute approximate surface area is 112 Å². The highest BCUT2D eigenvalue weighted by Crippen LogP contribution is 2.38. The first-order valence-corrected chi connectivity index (χ1v) is 5.84. The maximum absolute atomic E-state index is 12.9. The van der Waals surface area contributed by atoms with Crippen LogP contribution in [-0.4, -0.2) is 17.7 Å². The second-order valence-corrected chi connectivity index (χ2v) is 4.11. The van der Waals surface area contributed by atoms with E-state index in [0.29, 0.717) is 0 Å². The van der Waals surface area contributed by atoms with Crippen LogP contribution in [0.3, 0.4) is 0 Å². The van der Waals surface area contributed by atoms with Crippen LogP contribution < -0.4 is 0 Å². The minimum Gasteiger partial charge on any atom is -0.507 e. The summed E-state index contributed by atoms with van der Waals surface area (Å²) >= 11 is 0. The van der Waals surface area contributed by atoms with Gasteiger partial charge in [-0.15, -0.1) is 0 Å². The molecule has 0 bridgehead atoms. The number of ether oxygens (including phenoxy) is 1. The number of rotatable bonds is 2. The van der Waals surface area contributed by atoms with Crippen molar-refractivity contribution in [2.45, 2.75) is 13.1 Å². The Morgan fingerprint density at radius 3 is 2.55 bits per heavy atom. The predicted molar refractivity (Wildman–Crippen MR) is 66.6 cm³/mol. The molecule has 0 heterocycles. The molecule has 0 aromatic heterocycles. The van der Waals surface area contributed by atoms with E-state index in [-0.39, 0.29) is 22.9 Å². The van der Waals surface area contributed by atoms with E-state index in [1.165, 1.54) is 12.1 Å². The third kappa shape index (κ3) is 2.54. The van der Waals surface area contributed by atoms with Gasteiger partial charge in [0.05, 0.1) is 17.7 Å². The second kappa shape index (κ2) is 5.03. The Balaban J connectivity index is 2.71. The minimum absolute atomic E-state index is 0.0351. The van der Waals surface area contributed by atoms with Crippen LogP contribution in [0.1, 0.15) is 22.8 Å². The van der Waals surface area contributed by atoms with E-state index < -0.39 is 23.5 Å². The molecular weight excluding hydrogens is 273 g/mol. The van der Waals surface area contributed by atoms with Crippen LogP contribution in [0.25, 0.3) is 10.8 Å². The quantitative estimate of drug-likeness (QED) is 0.854. The molecular formula is C14H11F3O3.